The number of carbonyl (C=O) groups is 1. The molecule has 0 saturated heterocycles. The molecule has 2 aromatic carbocycles. The minimum absolute atomic E-state index is 0.141. The Morgan fingerprint density at radius 1 is 1.14 bits per heavy atom. The smallest absolute Gasteiger partial charge is 0.267 e. The average Bonchev–Trinajstić information content (AvgIpc) is 2.72. The van der Waals surface area contributed by atoms with Crippen molar-refractivity contribution in [3.63, 3.8) is 0 Å². The number of hydrogen-bond acceptors (Lipinski definition) is 4. The molecule has 0 aliphatic heterocycles. The number of fused-ring (bicyclic) bond motifs is 1. The summed E-state index contributed by atoms with van der Waals surface area (Å²) in [4.78, 5) is 25.3. The highest BCUT2D eigenvalue weighted by atomic mass is 19.1. The summed E-state index contributed by atoms with van der Waals surface area (Å²) in [6, 6.07) is 12.7. The Morgan fingerprint density at radius 3 is 2.50 bits per heavy atom. The molecule has 28 heavy (non-hydrogen) atoms. The maximum absolute atomic E-state index is 13.0. The molecule has 1 aromatic heterocycles. The van der Waals surface area contributed by atoms with Crippen molar-refractivity contribution in [3.05, 3.63) is 76.0 Å². The second-order valence-corrected chi connectivity index (χ2v) is 6.42. The summed E-state index contributed by atoms with van der Waals surface area (Å²) in [6.07, 6.45) is 1.69. The van der Waals surface area contributed by atoms with E-state index in [4.69, 9.17) is 0 Å². The number of amides is 1. The van der Waals surface area contributed by atoms with Gasteiger partial charge in [0.15, 0.2) is 5.69 Å². The van der Waals surface area contributed by atoms with Crippen LogP contribution < -0.4 is 11.0 Å². The van der Waals surface area contributed by atoms with Gasteiger partial charge in [0.1, 0.15) is 5.82 Å². The first kappa shape index (κ1) is 19.4. The Labute approximate surface area is 161 Å². The van der Waals surface area contributed by atoms with Gasteiger partial charge >= 0.3 is 0 Å². The van der Waals surface area contributed by atoms with Crippen LogP contribution in [-0.2, 0) is 6.54 Å². The molecule has 7 heteroatoms. The van der Waals surface area contributed by atoms with E-state index < -0.39 is 5.91 Å². The van der Waals surface area contributed by atoms with Crippen LogP contribution in [0.1, 0.15) is 42.7 Å². The molecule has 1 amide bonds. The largest absolute Gasteiger partial charge is 0.292 e. The molecule has 3 rings (SSSR count). The van der Waals surface area contributed by atoms with Crippen molar-refractivity contribution in [3.8, 4) is 0 Å². The van der Waals surface area contributed by atoms with E-state index in [0.717, 1.165) is 12.8 Å². The molecule has 6 nitrogen and oxygen atoms in total. The van der Waals surface area contributed by atoms with Crippen molar-refractivity contribution in [2.75, 3.05) is 0 Å². The average molecular weight is 380 g/mol. The van der Waals surface area contributed by atoms with Crippen molar-refractivity contribution in [2.24, 2.45) is 5.10 Å². The number of carbonyl (C=O) groups excluding carboxylic acids is 1. The third-order valence-corrected chi connectivity index (χ3v) is 4.39. The van der Waals surface area contributed by atoms with Gasteiger partial charge in [-0.3, -0.25) is 9.59 Å². The summed E-state index contributed by atoms with van der Waals surface area (Å²) in [5.74, 6) is -0.853. The predicted octanol–water partition coefficient (Wildman–Crippen LogP) is 3.49. The minimum Gasteiger partial charge on any atom is -0.267 e. The molecule has 3 aromatic rings. The van der Waals surface area contributed by atoms with E-state index in [2.05, 4.69) is 15.6 Å². The summed E-state index contributed by atoms with van der Waals surface area (Å²) in [7, 11) is 0. The highest BCUT2D eigenvalue weighted by Gasteiger charge is 2.16. The number of nitrogens with zero attached hydrogens (tertiary/aromatic N) is 3. The normalized spacial score (nSPS) is 11.6. The Bertz CT molecular complexity index is 1090. The summed E-state index contributed by atoms with van der Waals surface area (Å²) in [6.45, 7) is 4.17. The van der Waals surface area contributed by atoms with Crippen molar-refractivity contribution in [2.45, 2.75) is 33.2 Å². The number of benzene rings is 2. The van der Waals surface area contributed by atoms with Gasteiger partial charge < -0.3 is 0 Å². The number of aryl methyl sites for hydroxylation is 1. The number of hydrogen-bond donors (Lipinski definition) is 1. The number of rotatable bonds is 6. The Kier molecular flexibility index (Phi) is 5.93. The molecule has 0 atom stereocenters. The van der Waals surface area contributed by atoms with Gasteiger partial charge in [-0.05, 0) is 37.1 Å². The maximum atomic E-state index is 13.0. The molecule has 1 N–H and O–H groups in total. The van der Waals surface area contributed by atoms with Gasteiger partial charge in [0, 0.05) is 11.9 Å². The third kappa shape index (κ3) is 4.14. The predicted molar refractivity (Wildman–Crippen MR) is 107 cm³/mol. The lowest BCUT2D eigenvalue weighted by molar-refractivity contribution is 0.0949. The van der Waals surface area contributed by atoms with Crippen LogP contribution in [0.3, 0.4) is 0 Å². The summed E-state index contributed by atoms with van der Waals surface area (Å²) in [5.41, 5.74) is 3.62. The quantitative estimate of drug-likeness (QED) is 0.525. The zero-order valence-corrected chi connectivity index (χ0v) is 15.8. The zero-order valence-electron chi connectivity index (χ0n) is 15.8. The van der Waals surface area contributed by atoms with Crippen LogP contribution >= 0.6 is 0 Å². The fourth-order valence-electron chi connectivity index (χ4n) is 2.81. The molecule has 0 saturated carbocycles. The molecule has 0 fully saturated rings. The number of aromatic nitrogens is 2. The second kappa shape index (κ2) is 8.56. The van der Waals surface area contributed by atoms with Crippen LogP contribution in [0.2, 0.25) is 0 Å². The molecule has 0 unspecified atom stereocenters. The minimum atomic E-state index is -0.511. The van der Waals surface area contributed by atoms with Crippen LogP contribution in [0.15, 0.2) is 58.4 Å². The maximum Gasteiger partial charge on any atom is 0.292 e. The fraction of sp³-hybridized carbons (Fsp3) is 0.238. The van der Waals surface area contributed by atoms with Crippen molar-refractivity contribution in [1.82, 2.24) is 15.2 Å². The van der Waals surface area contributed by atoms with Crippen LogP contribution in [0.5, 0.6) is 0 Å². The molecule has 1 heterocycles. The van der Waals surface area contributed by atoms with E-state index >= 15 is 0 Å². The van der Waals surface area contributed by atoms with Crippen molar-refractivity contribution >= 4 is 22.4 Å². The topological polar surface area (TPSA) is 76.3 Å². The zero-order chi connectivity index (χ0) is 20.1. The van der Waals surface area contributed by atoms with Gasteiger partial charge in [0.25, 0.3) is 11.5 Å². The monoisotopic (exact) mass is 380 g/mol. The molecule has 144 valence electrons. The molecule has 0 spiro atoms. The van der Waals surface area contributed by atoms with E-state index in [0.29, 0.717) is 28.6 Å². The lowest BCUT2D eigenvalue weighted by Crippen LogP contribution is -2.29. The second-order valence-electron chi connectivity index (χ2n) is 6.42. The first-order valence-corrected chi connectivity index (χ1v) is 9.11. The third-order valence-electron chi connectivity index (χ3n) is 4.39. The van der Waals surface area contributed by atoms with E-state index in [9.17, 15) is 14.0 Å². The standard InChI is InChI=1S/C21H21FN4O2/c1-3-4-13-26-21(28)18-8-6-5-7-17(18)19(25-26)20(27)24-23-14(2)15-9-11-16(22)12-10-15/h5-12H,3-4,13H2,1-2H3,(H,24,27)/b23-14+. The lowest BCUT2D eigenvalue weighted by atomic mass is 10.1. The van der Waals surface area contributed by atoms with E-state index in [1.807, 2.05) is 6.92 Å². The molecule has 0 radical (unpaired) electrons. The Balaban J connectivity index is 1.94. The summed E-state index contributed by atoms with van der Waals surface area (Å²) < 4.78 is 14.4. The van der Waals surface area contributed by atoms with Gasteiger partial charge in [0.2, 0.25) is 0 Å². The van der Waals surface area contributed by atoms with Crippen LogP contribution in [0.4, 0.5) is 4.39 Å². The fourth-order valence-corrected chi connectivity index (χ4v) is 2.81. The Hall–Kier alpha value is -3.35. The molecular formula is C21H21FN4O2. The van der Waals surface area contributed by atoms with Crippen LogP contribution in [0, 0.1) is 5.82 Å². The number of hydrazone groups is 1. The van der Waals surface area contributed by atoms with Gasteiger partial charge in [-0.15, -0.1) is 0 Å². The first-order valence-electron chi connectivity index (χ1n) is 9.11. The van der Waals surface area contributed by atoms with E-state index in [1.165, 1.54) is 16.8 Å². The first-order chi connectivity index (χ1) is 13.5. The number of halogens is 1. The Morgan fingerprint density at radius 2 is 1.82 bits per heavy atom. The van der Waals surface area contributed by atoms with Gasteiger partial charge in [-0.25, -0.2) is 14.5 Å². The lowest BCUT2D eigenvalue weighted by Gasteiger charge is -2.10. The summed E-state index contributed by atoms with van der Waals surface area (Å²) in [5, 5.41) is 9.28. The van der Waals surface area contributed by atoms with E-state index in [-0.39, 0.29) is 17.1 Å². The molecular weight excluding hydrogens is 359 g/mol. The van der Waals surface area contributed by atoms with Gasteiger partial charge in [-0.1, -0.05) is 43.7 Å². The number of nitrogens with one attached hydrogen (secondary N) is 1. The summed E-state index contributed by atoms with van der Waals surface area (Å²) >= 11 is 0. The SMILES string of the molecule is CCCCn1nc(C(=O)N/N=C(\C)c2ccc(F)cc2)c2ccccc2c1=O. The molecule has 0 aliphatic carbocycles. The highest BCUT2D eigenvalue weighted by Crippen LogP contribution is 2.13. The van der Waals surface area contributed by atoms with Gasteiger partial charge in [0.05, 0.1) is 11.1 Å². The van der Waals surface area contributed by atoms with Crippen LogP contribution in [-0.4, -0.2) is 21.4 Å². The molecule has 0 bridgehead atoms. The highest BCUT2D eigenvalue weighted by molar-refractivity contribution is 6.06. The van der Waals surface area contributed by atoms with E-state index in [1.54, 1.807) is 43.3 Å². The molecule has 0 aliphatic rings. The van der Waals surface area contributed by atoms with Crippen molar-refractivity contribution in [1.29, 1.82) is 0 Å². The number of unbranched alkanes of at least 4 members (excludes halogenated alkanes) is 1. The van der Waals surface area contributed by atoms with Gasteiger partial charge in [-0.2, -0.15) is 10.2 Å². The van der Waals surface area contributed by atoms with Crippen molar-refractivity contribution < 1.29 is 9.18 Å². The van der Waals surface area contributed by atoms with Crippen LogP contribution in [0.25, 0.3) is 10.8 Å².